The number of carboxylic acids is 1. The second-order valence-electron chi connectivity index (χ2n) is 4.96. The monoisotopic (exact) mass is 343 g/mol. The Labute approximate surface area is 140 Å². The molecule has 1 unspecified atom stereocenters. The van der Waals surface area contributed by atoms with Gasteiger partial charge in [0, 0.05) is 12.1 Å². The van der Waals surface area contributed by atoms with Gasteiger partial charge < -0.3 is 19.9 Å². The van der Waals surface area contributed by atoms with Crippen LogP contribution >= 0.6 is 11.6 Å². The first-order valence-electron chi connectivity index (χ1n) is 7.45. The van der Waals surface area contributed by atoms with Crippen LogP contribution in [0.25, 0.3) is 0 Å². The van der Waals surface area contributed by atoms with Crippen LogP contribution in [0, 0.1) is 5.92 Å². The van der Waals surface area contributed by atoms with Gasteiger partial charge in [-0.2, -0.15) is 0 Å². The van der Waals surface area contributed by atoms with E-state index in [-0.39, 0.29) is 17.1 Å². The standard InChI is InChI=1S/C16H22ClNO5/c1-4-6-10(16(20)21)9-18-15(19)11-7-12(17)14(23-5-2)13(8-11)22-3/h7-8,10H,4-6,9H2,1-3H3,(H,18,19)(H,20,21). The van der Waals surface area contributed by atoms with Crippen molar-refractivity contribution >= 4 is 23.5 Å². The zero-order chi connectivity index (χ0) is 17.4. The van der Waals surface area contributed by atoms with Gasteiger partial charge in [0.1, 0.15) is 0 Å². The number of methoxy groups -OCH3 is 1. The summed E-state index contributed by atoms with van der Waals surface area (Å²) in [5.41, 5.74) is 0.288. The molecule has 0 aliphatic rings. The van der Waals surface area contributed by atoms with Crippen molar-refractivity contribution in [2.45, 2.75) is 26.7 Å². The molecular formula is C16H22ClNO5. The molecule has 0 spiro atoms. The Balaban J connectivity index is 2.87. The average Bonchev–Trinajstić information content (AvgIpc) is 2.52. The second kappa shape index (κ2) is 9.25. The van der Waals surface area contributed by atoms with Crippen LogP contribution in [0.15, 0.2) is 12.1 Å². The summed E-state index contributed by atoms with van der Waals surface area (Å²) in [6, 6.07) is 2.99. The van der Waals surface area contributed by atoms with Gasteiger partial charge in [-0.3, -0.25) is 9.59 Å². The first kappa shape index (κ1) is 19.1. The Hall–Kier alpha value is -1.95. The van der Waals surface area contributed by atoms with Crippen molar-refractivity contribution in [3.63, 3.8) is 0 Å². The number of carbonyl (C=O) groups excluding carboxylic acids is 1. The number of aliphatic carboxylic acids is 1. The van der Waals surface area contributed by atoms with Crippen LogP contribution in [0.3, 0.4) is 0 Å². The normalized spacial score (nSPS) is 11.7. The zero-order valence-corrected chi connectivity index (χ0v) is 14.3. The van der Waals surface area contributed by atoms with Gasteiger partial charge in [-0.25, -0.2) is 0 Å². The van der Waals surface area contributed by atoms with E-state index >= 15 is 0 Å². The molecular weight excluding hydrogens is 322 g/mol. The minimum Gasteiger partial charge on any atom is -0.493 e. The lowest BCUT2D eigenvalue weighted by molar-refractivity contribution is -0.141. The second-order valence-corrected chi connectivity index (χ2v) is 5.36. The highest BCUT2D eigenvalue weighted by molar-refractivity contribution is 6.32. The Kier molecular flexibility index (Phi) is 7.68. The lowest BCUT2D eigenvalue weighted by Crippen LogP contribution is -2.32. The largest absolute Gasteiger partial charge is 0.493 e. The molecule has 0 radical (unpaired) electrons. The number of nitrogens with one attached hydrogen (secondary N) is 1. The highest BCUT2D eigenvalue weighted by Crippen LogP contribution is 2.36. The Bertz CT molecular complexity index is 562. The fourth-order valence-corrected chi connectivity index (χ4v) is 2.38. The Morgan fingerprint density at radius 2 is 2.04 bits per heavy atom. The molecule has 23 heavy (non-hydrogen) atoms. The molecule has 0 bridgehead atoms. The third-order valence-corrected chi connectivity index (χ3v) is 3.56. The molecule has 0 saturated heterocycles. The predicted molar refractivity (Wildman–Crippen MR) is 87.5 cm³/mol. The van der Waals surface area contributed by atoms with Crippen LogP contribution in [0.5, 0.6) is 11.5 Å². The van der Waals surface area contributed by atoms with Crippen LogP contribution < -0.4 is 14.8 Å². The van der Waals surface area contributed by atoms with Crippen molar-refractivity contribution in [2.24, 2.45) is 5.92 Å². The van der Waals surface area contributed by atoms with E-state index in [0.717, 1.165) is 6.42 Å². The van der Waals surface area contributed by atoms with Crippen LogP contribution in [-0.4, -0.2) is 37.2 Å². The number of benzene rings is 1. The minimum atomic E-state index is -0.922. The van der Waals surface area contributed by atoms with Crippen LogP contribution in [-0.2, 0) is 4.79 Å². The summed E-state index contributed by atoms with van der Waals surface area (Å²) in [6.45, 7) is 4.19. The molecule has 0 aliphatic carbocycles. The van der Waals surface area contributed by atoms with E-state index in [0.29, 0.717) is 24.5 Å². The predicted octanol–water partition coefficient (Wildman–Crippen LogP) is 2.98. The molecule has 0 aromatic heterocycles. The van der Waals surface area contributed by atoms with Crippen molar-refractivity contribution in [1.29, 1.82) is 0 Å². The summed E-state index contributed by atoms with van der Waals surface area (Å²) in [5.74, 6) is -1.20. The van der Waals surface area contributed by atoms with Gasteiger partial charge in [0.25, 0.3) is 5.91 Å². The molecule has 1 amide bonds. The van der Waals surface area contributed by atoms with Crippen LogP contribution in [0.2, 0.25) is 5.02 Å². The summed E-state index contributed by atoms with van der Waals surface area (Å²) < 4.78 is 10.6. The molecule has 0 heterocycles. The number of hydrogen-bond donors (Lipinski definition) is 2. The fraction of sp³-hybridized carbons (Fsp3) is 0.500. The van der Waals surface area contributed by atoms with E-state index in [9.17, 15) is 9.59 Å². The Morgan fingerprint density at radius 1 is 1.35 bits per heavy atom. The molecule has 1 rings (SSSR count). The topological polar surface area (TPSA) is 84.9 Å². The van der Waals surface area contributed by atoms with Gasteiger partial charge in [0.2, 0.25) is 0 Å². The zero-order valence-electron chi connectivity index (χ0n) is 13.5. The first-order valence-corrected chi connectivity index (χ1v) is 7.83. The molecule has 128 valence electrons. The lowest BCUT2D eigenvalue weighted by Gasteiger charge is -2.15. The van der Waals surface area contributed by atoms with Gasteiger partial charge in [-0.15, -0.1) is 0 Å². The summed E-state index contributed by atoms with van der Waals surface area (Å²) >= 11 is 6.12. The number of ether oxygens (including phenoxy) is 2. The van der Waals surface area contributed by atoms with Gasteiger partial charge >= 0.3 is 5.97 Å². The average molecular weight is 344 g/mol. The molecule has 1 aromatic carbocycles. The van der Waals surface area contributed by atoms with Gasteiger partial charge in [0.05, 0.1) is 24.7 Å². The van der Waals surface area contributed by atoms with E-state index in [4.69, 9.17) is 26.2 Å². The third-order valence-electron chi connectivity index (χ3n) is 3.28. The van der Waals surface area contributed by atoms with Crippen molar-refractivity contribution < 1.29 is 24.2 Å². The highest BCUT2D eigenvalue weighted by atomic mass is 35.5. The van der Waals surface area contributed by atoms with E-state index in [1.807, 2.05) is 13.8 Å². The van der Waals surface area contributed by atoms with E-state index in [2.05, 4.69) is 5.32 Å². The van der Waals surface area contributed by atoms with E-state index in [1.165, 1.54) is 19.2 Å². The van der Waals surface area contributed by atoms with Crippen molar-refractivity contribution in [3.8, 4) is 11.5 Å². The van der Waals surface area contributed by atoms with Crippen molar-refractivity contribution in [3.05, 3.63) is 22.7 Å². The quantitative estimate of drug-likeness (QED) is 0.720. The molecule has 2 N–H and O–H groups in total. The number of halogens is 1. The van der Waals surface area contributed by atoms with Crippen molar-refractivity contribution in [2.75, 3.05) is 20.3 Å². The number of carbonyl (C=O) groups is 2. The maximum Gasteiger partial charge on any atom is 0.308 e. The first-order chi connectivity index (χ1) is 10.9. The molecule has 1 aromatic rings. The van der Waals surface area contributed by atoms with Gasteiger partial charge in [-0.1, -0.05) is 24.9 Å². The summed E-state index contributed by atoms with van der Waals surface area (Å²) in [4.78, 5) is 23.3. The van der Waals surface area contributed by atoms with E-state index < -0.39 is 17.8 Å². The van der Waals surface area contributed by atoms with Gasteiger partial charge in [0.15, 0.2) is 11.5 Å². The summed E-state index contributed by atoms with van der Waals surface area (Å²) in [6.07, 6.45) is 1.23. The smallest absolute Gasteiger partial charge is 0.308 e. The molecule has 7 heteroatoms. The molecule has 0 fully saturated rings. The summed E-state index contributed by atoms with van der Waals surface area (Å²) in [5, 5.41) is 12.0. The number of hydrogen-bond acceptors (Lipinski definition) is 4. The molecule has 0 aliphatic heterocycles. The lowest BCUT2D eigenvalue weighted by atomic mass is 10.0. The number of rotatable bonds is 9. The van der Waals surface area contributed by atoms with Crippen LogP contribution in [0.4, 0.5) is 0 Å². The SMILES string of the molecule is CCCC(CNC(=O)c1cc(Cl)c(OCC)c(OC)c1)C(=O)O. The minimum absolute atomic E-state index is 0.0646. The molecule has 0 saturated carbocycles. The molecule has 6 nitrogen and oxygen atoms in total. The fourth-order valence-electron chi connectivity index (χ4n) is 2.11. The van der Waals surface area contributed by atoms with Crippen molar-refractivity contribution in [1.82, 2.24) is 5.32 Å². The highest BCUT2D eigenvalue weighted by Gasteiger charge is 2.19. The number of amides is 1. The molecule has 1 atom stereocenters. The summed E-state index contributed by atoms with van der Waals surface area (Å²) in [7, 11) is 1.46. The van der Waals surface area contributed by atoms with Crippen LogP contribution in [0.1, 0.15) is 37.0 Å². The van der Waals surface area contributed by atoms with Gasteiger partial charge in [-0.05, 0) is 25.5 Å². The van der Waals surface area contributed by atoms with E-state index in [1.54, 1.807) is 0 Å². The Morgan fingerprint density at radius 3 is 2.57 bits per heavy atom. The third kappa shape index (κ3) is 5.32. The maximum atomic E-state index is 12.2. The number of carboxylic acid groups (broad SMARTS) is 1. The maximum absolute atomic E-state index is 12.2.